The van der Waals surface area contributed by atoms with Gasteiger partial charge in [0.15, 0.2) is 5.69 Å². The van der Waals surface area contributed by atoms with Gasteiger partial charge >= 0.3 is 0 Å². The van der Waals surface area contributed by atoms with Crippen LogP contribution < -0.4 is 10.6 Å². The van der Waals surface area contributed by atoms with Crippen molar-refractivity contribution in [1.82, 2.24) is 14.8 Å². The van der Waals surface area contributed by atoms with Gasteiger partial charge in [0, 0.05) is 18.6 Å². The van der Waals surface area contributed by atoms with E-state index < -0.39 is 5.91 Å². The van der Waals surface area contributed by atoms with Crippen molar-refractivity contribution in [2.24, 2.45) is 0 Å². The zero-order valence-corrected chi connectivity index (χ0v) is 18.2. The molecule has 0 aliphatic rings. The van der Waals surface area contributed by atoms with Crippen LogP contribution in [0.2, 0.25) is 5.02 Å². The third kappa shape index (κ3) is 4.89. The van der Waals surface area contributed by atoms with Crippen LogP contribution in [-0.4, -0.2) is 26.6 Å². The summed E-state index contributed by atoms with van der Waals surface area (Å²) < 4.78 is 1.48. The molecule has 0 radical (unpaired) electrons. The van der Waals surface area contributed by atoms with Crippen LogP contribution in [0.3, 0.4) is 0 Å². The van der Waals surface area contributed by atoms with E-state index in [1.54, 1.807) is 36.4 Å². The van der Waals surface area contributed by atoms with Gasteiger partial charge in [-0.05, 0) is 36.4 Å². The van der Waals surface area contributed by atoms with Crippen molar-refractivity contribution in [1.29, 1.82) is 5.26 Å². The first-order valence-corrected chi connectivity index (χ1v) is 10.2. The van der Waals surface area contributed by atoms with Crippen molar-refractivity contribution in [3.05, 3.63) is 89.1 Å². The van der Waals surface area contributed by atoms with Gasteiger partial charge in [0.2, 0.25) is 5.91 Å². The average molecular weight is 457 g/mol. The predicted octanol–water partition coefficient (Wildman–Crippen LogP) is 4.67. The zero-order chi connectivity index (χ0) is 23.4. The van der Waals surface area contributed by atoms with Gasteiger partial charge < -0.3 is 10.6 Å². The van der Waals surface area contributed by atoms with E-state index in [1.165, 1.54) is 17.7 Å². The van der Waals surface area contributed by atoms with E-state index in [-0.39, 0.29) is 22.2 Å². The van der Waals surface area contributed by atoms with Gasteiger partial charge in [0.1, 0.15) is 17.7 Å². The fourth-order valence-corrected chi connectivity index (χ4v) is 3.38. The summed E-state index contributed by atoms with van der Waals surface area (Å²) in [7, 11) is 0. The Morgan fingerprint density at radius 1 is 1.00 bits per heavy atom. The number of nitriles is 1. The van der Waals surface area contributed by atoms with E-state index in [0.29, 0.717) is 28.6 Å². The van der Waals surface area contributed by atoms with Crippen LogP contribution in [-0.2, 0) is 4.79 Å². The standard InChI is InChI=1S/C24H17ClN6O2/c1-15(32)27-22-9-5-8-21(28-22)16-10-11-20(25)19(12-16)24(33)29-23-13-17(14-26)30-31(23)18-6-3-2-4-7-18/h2-13H,1H3,(H,29,33)(H,27,28,32). The van der Waals surface area contributed by atoms with Crippen molar-refractivity contribution in [3.63, 3.8) is 0 Å². The minimum atomic E-state index is -0.471. The highest BCUT2D eigenvalue weighted by atomic mass is 35.5. The first-order valence-electron chi connectivity index (χ1n) is 9.86. The molecule has 8 nitrogen and oxygen atoms in total. The normalized spacial score (nSPS) is 10.3. The molecule has 162 valence electrons. The Labute approximate surface area is 194 Å². The number of hydrogen-bond acceptors (Lipinski definition) is 5. The van der Waals surface area contributed by atoms with Gasteiger partial charge in [-0.1, -0.05) is 41.9 Å². The van der Waals surface area contributed by atoms with Crippen LogP contribution >= 0.6 is 11.6 Å². The Morgan fingerprint density at radius 2 is 1.79 bits per heavy atom. The number of aromatic nitrogens is 3. The van der Waals surface area contributed by atoms with Gasteiger partial charge in [-0.3, -0.25) is 9.59 Å². The van der Waals surface area contributed by atoms with E-state index >= 15 is 0 Å². The summed E-state index contributed by atoms with van der Waals surface area (Å²) in [5.41, 5.74) is 2.28. The van der Waals surface area contributed by atoms with Crippen LogP contribution in [0.15, 0.2) is 72.8 Å². The fourth-order valence-electron chi connectivity index (χ4n) is 3.18. The monoisotopic (exact) mass is 456 g/mol. The molecular formula is C24H17ClN6O2. The Bertz CT molecular complexity index is 1390. The number of halogens is 1. The molecule has 2 heterocycles. The van der Waals surface area contributed by atoms with Crippen LogP contribution in [0.1, 0.15) is 23.0 Å². The second-order valence-electron chi connectivity index (χ2n) is 7.01. The van der Waals surface area contributed by atoms with Gasteiger partial charge in [0.25, 0.3) is 5.91 Å². The maximum absolute atomic E-state index is 13.1. The lowest BCUT2D eigenvalue weighted by atomic mass is 10.1. The van der Waals surface area contributed by atoms with Crippen molar-refractivity contribution in [2.45, 2.75) is 6.92 Å². The summed E-state index contributed by atoms with van der Waals surface area (Å²) >= 11 is 6.32. The lowest BCUT2D eigenvalue weighted by Crippen LogP contribution is -2.15. The molecule has 0 bridgehead atoms. The van der Waals surface area contributed by atoms with Crippen LogP contribution in [0, 0.1) is 11.3 Å². The van der Waals surface area contributed by atoms with Crippen molar-refractivity contribution in [2.75, 3.05) is 10.6 Å². The number of amides is 2. The number of anilines is 2. The molecule has 0 atom stereocenters. The second-order valence-corrected chi connectivity index (χ2v) is 7.42. The lowest BCUT2D eigenvalue weighted by molar-refractivity contribution is -0.114. The summed E-state index contributed by atoms with van der Waals surface area (Å²) in [5.74, 6) is 0.0239. The maximum Gasteiger partial charge on any atom is 0.258 e. The molecular weight excluding hydrogens is 440 g/mol. The van der Waals surface area contributed by atoms with Crippen LogP contribution in [0.4, 0.5) is 11.6 Å². The largest absolute Gasteiger partial charge is 0.311 e. The minimum absolute atomic E-state index is 0.160. The van der Waals surface area contributed by atoms with Crippen LogP contribution in [0.25, 0.3) is 16.9 Å². The third-order valence-corrected chi connectivity index (χ3v) is 4.96. The number of hydrogen-bond donors (Lipinski definition) is 2. The number of para-hydroxylation sites is 1. The molecule has 2 aromatic carbocycles. The molecule has 0 saturated heterocycles. The fraction of sp³-hybridized carbons (Fsp3) is 0.0417. The smallest absolute Gasteiger partial charge is 0.258 e. The highest BCUT2D eigenvalue weighted by molar-refractivity contribution is 6.34. The van der Waals surface area contributed by atoms with Gasteiger partial charge in [-0.25, -0.2) is 9.67 Å². The molecule has 33 heavy (non-hydrogen) atoms. The number of rotatable bonds is 5. The maximum atomic E-state index is 13.1. The first kappa shape index (κ1) is 21.7. The number of carbonyl (C=O) groups excluding carboxylic acids is 2. The molecule has 0 spiro atoms. The molecule has 0 aliphatic heterocycles. The molecule has 2 N–H and O–H groups in total. The zero-order valence-electron chi connectivity index (χ0n) is 17.4. The number of benzene rings is 2. The van der Waals surface area contributed by atoms with Crippen molar-refractivity contribution < 1.29 is 9.59 Å². The molecule has 2 aromatic heterocycles. The highest BCUT2D eigenvalue weighted by Gasteiger charge is 2.17. The molecule has 0 saturated carbocycles. The molecule has 0 fully saturated rings. The van der Waals surface area contributed by atoms with E-state index in [0.717, 1.165) is 0 Å². The summed E-state index contributed by atoms with van der Waals surface area (Å²) in [5, 5.41) is 19.2. The minimum Gasteiger partial charge on any atom is -0.311 e. The quantitative estimate of drug-likeness (QED) is 0.453. The summed E-state index contributed by atoms with van der Waals surface area (Å²) in [6.45, 7) is 1.40. The second kappa shape index (κ2) is 9.34. The van der Waals surface area contributed by atoms with E-state index in [1.807, 2.05) is 36.4 Å². The number of carbonyl (C=O) groups is 2. The number of nitrogens with one attached hydrogen (secondary N) is 2. The predicted molar refractivity (Wildman–Crippen MR) is 125 cm³/mol. The Balaban J connectivity index is 1.66. The number of nitrogens with zero attached hydrogens (tertiary/aromatic N) is 4. The Morgan fingerprint density at radius 3 is 2.52 bits per heavy atom. The molecule has 2 amide bonds. The molecule has 0 unspecified atom stereocenters. The SMILES string of the molecule is CC(=O)Nc1cccc(-c2ccc(Cl)c(C(=O)Nc3cc(C#N)nn3-c3ccccc3)c2)n1. The Kier molecular flexibility index (Phi) is 6.15. The Hall–Kier alpha value is -4.48. The van der Waals surface area contributed by atoms with Gasteiger partial charge in [-0.15, -0.1) is 0 Å². The summed E-state index contributed by atoms with van der Waals surface area (Å²) in [4.78, 5) is 28.9. The van der Waals surface area contributed by atoms with E-state index in [2.05, 4.69) is 20.7 Å². The molecule has 9 heteroatoms. The highest BCUT2D eigenvalue weighted by Crippen LogP contribution is 2.26. The van der Waals surface area contributed by atoms with Gasteiger partial charge in [0.05, 0.1) is 22.0 Å². The molecule has 4 aromatic rings. The number of pyridine rings is 1. The molecule has 4 rings (SSSR count). The topological polar surface area (TPSA) is 113 Å². The van der Waals surface area contributed by atoms with E-state index in [9.17, 15) is 14.9 Å². The van der Waals surface area contributed by atoms with Crippen LogP contribution in [0.5, 0.6) is 0 Å². The average Bonchev–Trinajstić information content (AvgIpc) is 3.22. The van der Waals surface area contributed by atoms with Crippen molar-refractivity contribution in [3.8, 4) is 23.0 Å². The van der Waals surface area contributed by atoms with E-state index in [4.69, 9.17) is 11.6 Å². The van der Waals surface area contributed by atoms with Crippen molar-refractivity contribution >= 4 is 35.1 Å². The third-order valence-electron chi connectivity index (χ3n) is 4.63. The lowest BCUT2D eigenvalue weighted by Gasteiger charge is -2.11. The summed E-state index contributed by atoms with van der Waals surface area (Å²) in [6, 6.07) is 22.8. The van der Waals surface area contributed by atoms with Gasteiger partial charge in [-0.2, -0.15) is 10.4 Å². The molecule has 0 aliphatic carbocycles. The first-order chi connectivity index (χ1) is 15.9. The summed E-state index contributed by atoms with van der Waals surface area (Å²) in [6.07, 6.45) is 0.